The number of methoxy groups -OCH3 is 1. The minimum atomic E-state index is 0.677. The van der Waals surface area contributed by atoms with Gasteiger partial charge in [0.05, 0.1) is 17.0 Å². The summed E-state index contributed by atoms with van der Waals surface area (Å²) < 4.78 is 11.4. The minimum absolute atomic E-state index is 0.677. The van der Waals surface area contributed by atoms with Crippen LogP contribution < -0.4 is 5.32 Å². The number of ether oxygens (including phenoxy) is 2. The van der Waals surface area contributed by atoms with Gasteiger partial charge in [0.1, 0.15) is 0 Å². The van der Waals surface area contributed by atoms with E-state index in [-0.39, 0.29) is 0 Å². The first kappa shape index (κ1) is 14.1. The van der Waals surface area contributed by atoms with Crippen LogP contribution in [0.5, 0.6) is 0 Å². The van der Waals surface area contributed by atoms with Crippen LogP contribution in [0.2, 0.25) is 0 Å². The maximum Gasteiger partial charge on any atom is 0.0701 e. The third-order valence-corrected chi connectivity index (χ3v) is 3.58. The SMILES string of the molecule is COCCOCCCNCc1csc(Br)c1. The molecule has 0 aliphatic rings. The maximum atomic E-state index is 5.36. The van der Waals surface area contributed by atoms with Crippen LogP contribution in [0.15, 0.2) is 15.2 Å². The van der Waals surface area contributed by atoms with E-state index in [0.29, 0.717) is 13.2 Å². The Morgan fingerprint density at radius 2 is 2.25 bits per heavy atom. The molecule has 1 rings (SSSR count). The molecule has 0 radical (unpaired) electrons. The predicted octanol–water partition coefficient (Wildman–Crippen LogP) is 2.65. The highest BCUT2D eigenvalue weighted by atomic mass is 79.9. The molecule has 0 bridgehead atoms. The van der Waals surface area contributed by atoms with Crippen molar-refractivity contribution in [1.82, 2.24) is 5.32 Å². The molecule has 1 aromatic rings. The molecule has 92 valence electrons. The predicted molar refractivity (Wildman–Crippen MR) is 71.0 cm³/mol. The highest BCUT2D eigenvalue weighted by molar-refractivity contribution is 9.11. The summed E-state index contributed by atoms with van der Waals surface area (Å²) in [6, 6.07) is 2.15. The summed E-state index contributed by atoms with van der Waals surface area (Å²) >= 11 is 5.17. The van der Waals surface area contributed by atoms with Crippen molar-refractivity contribution >= 4 is 27.3 Å². The molecule has 0 saturated heterocycles. The molecule has 0 unspecified atom stereocenters. The Kier molecular flexibility index (Phi) is 8.06. The second kappa shape index (κ2) is 9.13. The third-order valence-electron chi connectivity index (χ3n) is 2.02. The molecule has 0 fully saturated rings. The Bertz CT molecular complexity index is 281. The van der Waals surface area contributed by atoms with Gasteiger partial charge < -0.3 is 14.8 Å². The van der Waals surface area contributed by atoms with E-state index in [1.165, 1.54) is 9.35 Å². The van der Waals surface area contributed by atoms with Crippen molar-refractivity contribution in [3.63, 3.8) is 0 Å². The molecular formula is C11H18BrNO2S. The Morgan fingerprint density at radius 1 is 1.38 bits per heavy atom. The Hall–Kier alpha value is 0.0600. The second-order valence-electron chi connectivity index (χ2n) is 3.39. The van der Waals surface area contributed by atoms with Crippen LogP contribution in [0.3, 0.4) is 0 Å². The molecule has 0 aromatic carbocycles. The van der Waals surface area contributed by atoms with Gasteiger partial charge in [-0.15, -0.1) is 11.3 Å². The fourth-order valence-electron chi connectivity index (χ4n) is 1.21. The van der Waals surface area contributed by atoms with Crippen LogP contribution in [0.4, 0.5) is 0 Å². The molecule has 16 heavy (non-hydrogen) atoms. The normalized spacial score (nSPS) is 10.9. The molecule has 0 amide bonds. The zero-order valence-corrected chi connectivity index (χ0v) is 11.9. The van der Waals surface area contributed by atoms with Gasteiger partial charge >= 0.3 is 0 Å². The van der Waals surface area contributed by atoms with Crippen LogP contribution in [0.25, 0.3) is 0 Å². The van der Waals surface area contributed by atoms with Gasteiger partial charge in [0.25, 0.3) is 0 Å². The van der Waals surface area contributed by atoms with Crippen molar-refractivity contribution in [2.75, 3.05) is 33.5 Å². The lowest BCUT2D eigenvalue weighted by molar-refractivity contribution is 0.0695. The second-order valence-corrected chi connectivity index (χ2v) is 5.69. The molecule has 1 aromatic heterocycles. The van der Waals surface area contributed by atoms with Gasteiger partial charge in [-0.1, -0.05) is 0 Å². The van der Waals surface area contributed by atoms with Gasteiger partial charge in [-0.2, -0.15) is 0 Å². The molecule has 5 heteroatoms. The summed E-state index contributed by atoms with van der Waals surface area (Å²) in [6.45, 7) is 4.08. The van der Waals surface area contributed by atoms with Crippen molar-refractivity contribution < 1.29 is 9.47 Å². The van der Waals surface area contributed by atoms with Crippen molar-refractivity contribution in [3.05, 3.63) is 20.8 Å². The number of halogens is 1. The van der Waals surface area contributed by atoms with Gasteiger partial charge in [-0.3, -0.25) is 0 Å². The van der Waals surface area contributed by atoms with Crippen LogP contribution in [-0.4, -0.2) is 33.5 Å². The molecule has 1 N–H and O–H groups in total. The maximum absolute atomic E-state index is 5.36. The first-order valence-electron chi connectivity index (χ1n) is 5.33. The fraction of sp³-hybridized carbons (Fsp3) is 0.636. The fourth-order valence-corrected chi connectivity index (χ4v) is 2.42. The molecule has 0 aliphatic heterocycles. The summed E-state index contributed by atoms with van der Waals surface area (Å²) in [5.74, 6) is 0. The van der Waals surface area contributed by atoms with Crippen LogP contribution in [0.1, 0.15) is 12.0 Å². The van der Waals surface area contributed by atoms with Gasteiger partial charge in [0, 0.05) is 20.3 Å². The monoisotopic (exact) mass is 307 g/mol. The zero-order valence-electron chi connectivity index (χ0n) is 9.50. The molecule has 0 spiro atoms. The number of hydrogen-bond acceptors (Lipinski definition) is 4. The van der Waals surface area contributed by atoms with Gasteiger partial charge in [-0.05, 0) is 45.9 Å². The standard InChI is InChI=1S/C11H18BrNO2S/c1-14-5-6-15-4-2-3-13-8-10-7-11(12)16-9-10/h7,9,13H,2-6,8H2,1H3. The van der Waals surface area contributed by atoms with E-state index in [0.717, 1.165) is 26.1 Å². The molecule has 0 saturated carbocycles. The molecule has 0 aliphatic carbocycles. The minimum Gasteiger partial charge on any atom is -0.382 e. The first-order chi connectivity index (χ1) is 7.83. The zero-order chi connectivity index (χ0) is 11.6. The summed E-state index contributed by atoms with van der Waals surface area (Å²) in [4.78, 5) is 0. The third kappa shape index (κ3) is 6.60. The van der Waals surface area contributed by atoms with Gasteiger partial charge in [0.15, 0.2) is 0 Å². The topological polar surface area (TPSA) is 30.5 Å². The average Bonchev–Trinajstić information content (AvgIpc) is 2.68. The summed E-state index contributed by atoms with van der Waals surface area (Å²) in [6.07, 6.45) is 1.04. The Labute approximate surface area is 109 Å². The van der Waals surface area contributed by atoms with E-state index in [2.05, 4.69) is 32.7 Å². The van der Waals surface area contributed by atoms with E-state index >= 15 is 0 Å². The van der Waals surface area contributed by atoms with E-state index in [9.17, 15) is 0 Å². The van der Waals surface area contributed by atoms with Gasteiger partial charge in [0.2, 0.25) is 0 Å². The molecular weight excluding hydrogens is 290 g/mol. The van der Waals surface area contributed by atoms with E-state index in [1.54, 1.807) is 18.4 Å². The van der Waals surface area contributed by atoms with Crippen LogP contribution >= 0.6 is 27.3 Å². The Balaban J connectivity index is 1.88. The highest BCUT2D eigenvalue weighted by Gasteiger charge is 1.96. The van der Waals surface area contributed by atoms with Crippen LogP contribution in [0, 0.1) is 0 Å². The van der Waals surface area contributed by atoms with Crippen molar-refractivity contribution in [2.24, 2.45) is 0 Å². The van der Waals surface area contributed by atoms with E-state index < -0.39 is 0 Å². The Morgan fingerprint density at radius 3 is 2.94 bits per heavy atom. The van der Waals surface area contributed by atoms with Crippen molar-refractivity contribution in [1.29, 1.82) is 0 Å². The molecule has 3 nitrogen and oxygen atoms in total. The summed E-state index contributed by atoms with van der Waals surface area (Å²) in [5.41, 5.74) is 1.33. The van der Waals surface area contributed by atoms with Crippen LogP contribution in [-0.2, 0) is 16.0 Å². The molecule has 0 atom stereocenters. The first-order valence-corrected chi connectivity index (χ1v) is 7.00. The lowest BCUT2D eigenvalue weighted by Crippen LogP contribution is -2.16. The van der Waals surface area contributed by atoms with E-state index in [1.807, 2.05) is 0 Å². The lowest BCUT2D eigenvalue weighted by atomic mass is 10.3. The number of hydrogen-bond donors (Lipinski definition) is 1. The number of nitrogens with one attached hydrogen (secondary N) is 1. The quantitative estimate of drug-likeness (QED) is 0.712. The number of rotatable bonds is 9. The molecule has 1 heterocycles. The van der Waals surface area contributed by atoms with Crippen molar-refractivity contribution in [2.45, 2.75) is 13.0 Å². The smallest absolute Gasteiger partial charge is 0.0701 e. The average molecular weight is 308 g/mol. The summed E-state index contributed by atoms with van der Waals surface area (Å²) in [7, 11) is 1.68. The largest absolute Gasteiger partial charge is 0.382 e. The number of thiophene rings is 1. The lowest BCUT2D eigenvalue weighted by Gasteiger charge is -2.04. The van der Waals surface area contributed by atoms with E-state index in [4.69, 9.17) is 9.47 Å². The summed E-state index contributed by atoms with van der Waals surface area (Å²) in [5, 5.41) is 5.54. The highest BCUT2D eigenvalue weighted by Crippen LogP contribution is 2.20. The van der Waals surface area contributed by atoms with Gasteiger partial charge in [-0.25, -0.2) is 0 Å². The van der Waals surface area contributed by atoms with Crippen molar-refractivity contribution in [3.8, 4) is 0 Å².